The van der Waals surface area contributed by atoms with Crippen molar-refractivity contribution >= 4 is 33.2 Å². The highest BCUT2D eigenvalue weighted by Crippen LogP contribution is 2.30. The van der Waals surface area contributed by atoms with Gasteiger partial charge in [0.15, 0.2) is 0 Å². The van der Waals surface area contributed by atoms with E-state index in [2.05, 4.69) is 5.32 Å². The van der Waals surface area contributed by atoms with E-state index in [1.807, 2.05) is 6.92 Å². The third-order valence-electron chi connectivity index (χ3n) is 3.36. The maximum Gasteiger partial charge on any atom is 0.225 e. The minimum Gasteiger partial charge on any atom is -0.495 e. The van der Waals surface area contributed by atoms with Crippen LogP contribution in [0.3, 0.4) is 0 Å². The van der Waals surface area contributed by atoms with Crippen molar-refractivity contribution in [3.05, 3.63) is 22.7 Å². The molecule has 24 heavy (non-hydrogen) atoms. The lowest BCUT2D eigenvalue weighted by molar-refractivity contribution is -0.116. The number of rotatable bonds is 9. The molecule has 0 heterocycles. The molecule has 1 aromatic carbocycles. The Morgan fingerprint density at radius 1 is 1.29 bits per heavy atom. The van der Waals surface area contributed by atoms with Crippen LogP contribution >= 0.6 is 11.6 Å². The molecule has 136 valence electrons. The predicted octanol–water partition coefficient (Wildman–Crippen LogP) is 1.89. The van der Waals surface area contributed by atoms with E-state index in [9.17, 15) is 13.2 Å². The number of methoxy groups -OCH3 is 2. The molecule has 0 aliphatic carbocycles. The van der Waals surface area contributed by atoms with E-state index < -0.39 is 10.0 Å². The molecule has 0 unspecified atom stereocenters. The molecule has 0 radical (unpaired) electrons. The van der Waals surface area contributed by atoms with E-state index in [0.717, 1.165) is 11.8 Å². The summed E-state index contributed by atoms with van der Waals surface area (Å²) in [5.74, 6) is 0.124. The summed E-state index contributed by atoms with van der Waals surface area (Å²) in [6, 6.07) is 3.33. The number of hydrogen-bond acceptors (Lipinski definition) is 5. The maximum atomic E-state index is 12.1. The number of nitrogens with zero attached hydrogens (tertiary/aromatic N) is 1. The lowest BCUT2D eigenvalue weighted by Crippen LogP contribution is -2.35. The number of hydrogen-bond donors (Lipinski definition) is 1. The van der Waals surface area contributed by atoms with Crippen LogP contribution in [0.2, 0.25) is 5.02 Å². The van der Waals surface area contributed by atoms with E-state index in [-0.39, 0.29) is 32.0 Å². The van der Waals surface area contributed by atoms with Crippen LogP contribution < -0.4 is 10.1 Å². The largest absolute Gasteiger partial charge is 0.495 e. The second kappa shape index (κ2) is 9.22. The average molecular weight is 379 g/mol. The fourth-order valence-corrected chi connectivity index (χ4v) is 2.99. The molecule has 1 rings (SSSR count). The number of carbonyl (C=O) groups is 1. The Labute approximate surface area is 147 Å². The molecule has 0 bridgehead atoms. The van der Waals surface area contributed by atoms with E-state index in [1.54, 1.807) is 12.1 Å². The molecule has 9 heteroatoms. The number of amides is 1. The molecule has 0 saturated carbocycles. The number of aryl methyl sites for hydroxylation is 1. The number of ether oxygens (including phenoxy) is 2. The number of nitrogens with one attached hydrogen (secondary N) is 1. The summed E-state index contributed by atoms with van der Waals surface area (Å²) in [4.78, 5) is 12.1. The summed E-state index contributed by atoms with van der Waals surface area (Å²) in [6.45, 7) is 2.35. The Kier molecular flexibility index (Phi) is 7.95. The molecule has 0 aromatic heterocycles. The molecular formula is C15H23ClN2O5S. The molecule has 7 nitrogen and oxygen atoms in total. The van der Waals surface area contributed by atoms with Gasteiger partial charge in [0.05, 0.1) is 25.7 Å². The smallest absolute Gasteiger partial charge is 0.225 e. The minimum absolute atomic E-state index is 0.0155. The van der Waals surface area contributed by atoms with Gasteiger partial charge in [-0.05, 0) is 18.6 Å². The zero-order valence-corrected chi connectivity index (χ0v) is 15.8. The number of anilines is 1. The molecule has 1 amide bonds. The molecule has 1 aromatic rings. The summed E-state index contributed by atoms with van der Waals surface area (Å²) in [5, 5.41) is 3.25. The highest BCUT2D eigenvalue weighted by atomic mass is 35.5. The van der Waals surface area contributed by atoms with Crippen LogP contribution in [0.15, 0.2) is 12.1 Å². The van der Waals surface area contributed by atoms with Crippen molar-refractivity contribution in [1.29, 1.82) is 0 Å². The molecular weight excluding hydrogens is 356 g/mol. The van der Waals surface area contributed by atoms with Crippen LogP contribution in [0.5, 0.6) is 5.75 Å². The van der Waals surface area contributed by atoms with Crippen molar-refractivity contribution < 1.29 is 22.7 Å². The second-order valence-corrected chi connectivity index (χ2v) is 7.64. The Hall–Kier alpha value is -1.35. The van der Waals surface area contributed by atoms with Gasteiger partial charge in [0, 0.05) is 37.7 Å². The molecule has 0 aliphatic heterocycles. The van der Waals surface area contributed by atoms with Crippen molar-refractivity contribution in [3.63, 3.8) is 0 Å². The zero-order valence-electron chi connectivity index (χ0n) is 14.3. The van der Waals surface area contributed by atoms with Crippen molar-refractivity contribution in [3.8, 4) is 5.75 Å². The Morgan fingerprint density at radius 3 is 2.50 bits per heavy atom. The molecule has 0 spiro atoms. The monoisotopic (exact) mass is 378 g/mol. The summed E-state index contributed by atoms with van der Waals surface area (Å²) in [6.07, 6.45) is 1.12. The van der Waals surface area contributed by atoms with Gasteiger partial charge in [0.1, 0.15) is 5.75 Å². The third kappa shape index (κ3) is 6.27. The van der Waals surface area contributed by atoms with Gasteiger partial charge in [-0.1, -0.05) is 11.6 Å². The Bertz CT molecular complexity index is 679. The lowest BCUT2D eigenvalue weighted by Gasteiger charge is -2.19. The van der Waals surface area contributed by atoms with Gasteiger partial charge in [0.25, 0.3) is 0 Å². The van der Waals surface area contributed by atoms with Crippen LogP contribution in [0.25, 0.3) is 0 Å². The van der Waals surface area contributed by atoms with Gasteiger partial charge in [0.2, 0.25) is 15.9 Å². The van der Waals surface area contributed by atoms with Crippen molar-refractivity contribution in [2.75, 3.05) is 45.5 Å². The quantitative estimate of drug-likeness (QED) is 0.709. The summed E-state index contributed by atoms with van der Waals surface area (Å²) < 4.78 is 34.7. The van der Waals surface area contributed by atoms with Gasteiger partial charge in [-0.15, -0.1) is 0 Å². The zero-order chi connectivity index (χ0) is 18.3. The van der Waals surface area contributed by atoms with Crippen LogP contribution in [0, 0.1) is 6.92 Å². The van der Waals surface area contributed by atoms with E-state index in [0.29, 0.717) is 16.5 Å². The molecule has 1 N–H and O–H groups in total. The number of sulfonamides is 1. The first-order valence-corrected chi connectivity index (χ1v) is 9.49. The van der Waals surface area contributed by atoms with Crippen LogP contribution in [0.1, 0.15) is 12.0 Å². The Balaban J connectivity index is 2.74. The lowest BCUT2D eigenvalue weighted by atomic mass is 10.2. The summed E-state index contributed by atoms with van der Waals surface area (Å²) >= 11 is 6.02. The SMILES string of the molecule is COCCN(CCC(=O)Nc1cc(C)c(Cl)cc1OC)S(C)(=O)=O. The summed E-state index contributed by atoms with van der Waals surface area (Å²) in [7, 11) is -0.432. The van der Waals surface area contributed by atoms with Gasteiger partial charge in [-0.2, -0.15) is 4.31 Å². The third-order valence-corrected chi connectivity index (χ3v) is 5.07. The fourth-order valence-electron chi connectivity index (χ4n) is 2.01. The van der Waals surface area contributed by atoms with E-state index >= 15 is 0 Å². The predicted molar refractivity (Wildman–Crippen MR) is 94.3 cm³/mol. The second-order valence-electron chi connectivity index (χ2n) is 5.25. The molecule has 0 fully saturated rings. The van der Waals surface area contributed by atoms with Crippen LogP contribution in [-0.4, -0.2) is 58.8 Å². The highest BCUT2D eigenvalue weighted by Gasteiger charge is 2.18. The maximum absolute atomic E-state index is 12.1. The number of halogens is 1. The molecule has 0 atom stereocenters. The first-order valence-electron chi connectivity index (χ1n) is 7.27. The fraction of sp³-hybridized carbons (Fsp3) is 0.533. The first-order chi connectivity index (χ1) is 11.2. The van der Waals surface area contributed by atoms with Crippen molar-refractivity contribution in [2.45, 2.75) is 13.3 Å². The van der Waals surface area contributed by atoms with Gasteiger partial charge < -0.3 is 14.8 Å². The highest BCUT2D eigenvalue weighted by molar-refractivity contribution is 7.88. The first kappa shape index (κ1) is 20.7. The van der Waals surface area contributed by atoms with Gasteiger partial charge in [-0.3, -0.25) is 4.79 Å². The van der Waals surface area contributed by atoms with Crippen LogP contribution in [0.4, 0.5) is 5.69 Å². The van der Waals surface area contributed by atoms with Crippen molar-refractivity contribution in [2.24, 2.45) is 0 Å². The van der Waals surface area contributed by atoms with Gasteiger partial charge >= 0.3 is 0 Å². The Morgan fingerprint density at radius 2 is 1.96 bits per heavy atom. The molecule has 0 aliphatic rings. The average Bonchev–Trinajstić information content (AvgIpc) is 2.49. The normalized spacial score (nSPS) is 11.6. The summed E-state index contributed by atoms with van der Waals surface area (Å²) in [5.41, 5.74) is 1.29. The van der Waals surface area contributed by atoms with Crippen LogP contribution in [-0.2, 0) is 19.6 Å². The number of benzene rings is 1. The van der Waals surface area contributed by atoms with E-state index in [1.165, 1.54) is 18.5 Å². The minimum atomic E-state index is -3.40. The van der Waals surface area contributed by atoms with Crippen molar-refractivity contribution in [1.82, 2.24) is 4.31 Å². The molecule has 0 saturated heterocycles. The topological polar surface area (TPSA) is 84.9 Å². The van der Waals surface area contributed by atoms with Gasteiger partial charge in [-0.25, -0.2) is 8.42 Å². The van der Waals surface area contributed by atoms with E-state index in [4.69, 9.17) is 21.1 Å². The standard InChI is InChI=1S/C15H23ClN2O5S/c1-11-9-13(14(23-3)10-12(11)16)17-15(19)5-6-18(7-8-22-2)24(4,20)21/h9-10H,5-8H2,1-4H3,(H,17,19). The number of carbonyl (C=O) groups excluding carboxylic acids is 1.